The van der Waals surface area contributed by atoms with E-state index >= 15 is 0 Å². The number of para-hydroxylation sites is 2. The second kappa shape index (κ2) is 15.2. The Morgan fingerprint density at radius 2 is 1.65 bits per heavy atom. The quantitative estimate of drug-likeness (QED) is 0.149. The first kappa shape index (κ1) is 32.9. The molecule has 48 heavy (non-hydrogen) atoms. The van der Waals surface area contributed by atoms with Crippen LogP contribution in [-0.2, 0) is 38.7 Å². The minimum absolute atomic E-state index is 0.0123. The van der Waals surface area contributed by atoms with E-state index < -0.39 is 18.3 Å². The number of ether oxygens (including phenoxy) is 3. The highest BCUT2D eigenvalue weighted by atomic mass is 16.7. The first-order valence-electron chi connectivity index (χ1n) is 16.2. The van der Waals surface area contributed by atoms with Gasteiger partial charge in [0.05, 0.1) is 49.3 Å². The number of carbonyl (C=O) groups excluding carboxylic acids is 2. The summed E-state index contributed by atoms with van der Waals surface area (Å²) >= 11 is 0. The van der Waals surface area contributed by atoms with Crippen LogP contribution in [0, 0.1) is 5.92 Å². The molecule has 2 amide bonds. The molecule has 4 unspecified atom stereocenters. The van der Waals surface area contributed by atoms with E-state index in [0.717, 1.165) is 44.4 Å². The minimum Gasteiger partial charge on any atom is -0.465 e. The number of urea groups is 1. The zero-order valence-electron chi connectivity index (χ0n) is 27.0. The molecule has 1 aliphatic rings. The van der Waals surface area contributed by atoms with E-state index in [9.17, 15) is 14.7 Å². The van der Waals surface area contributed by atoms with Gasteiger partial charge in [-0.15, -0.1) is 0 Å². The standard InChI is InChI=1S/C38H40N4O6/c1-3-46-35(44)21-40-38(45)39-20-27-7-6-8-31(19-27)28-15-17-30(18-16-28)37-47-34(22-42-24-41-32-9-4-5-10-33(32)42)25(2)36(48-37)29-13-11-26(23-43)12-14-29/h4-19,24-25,34,36-37,43H,3,20-23H2,1-2H3,(H2,39,40,45). The summed E-state index contributed by atoms with van der Waals surface area (Å²) in [6, 6.07) is 31.6. The van der Waals surface area contributed by atoms with Crippen LogP contribution in [0.2, 0.25) is 0 Å². The number of fused-ring (bicyclic) bond motifs is 1. The van der Waals surface area contributed by atoms with Crippen molar-refractivity contribution in [2.24, 2.45) is 5.92 Å². The molecule has 0 radical (unpaired) electrons. The molecular weight excluding hydrogens is 608 g/mol. The minimum atomic E-state index is -0.596. The molecule has 3 N–H and O–H groups in total. The highest BCUT2D eigenvalue weighted by Gasteiger charge is 2.38. The summed E-state index contributed by atoms with van der Waals surface area (Å²) in [6.07, 6.45) is 0.878. The summed E-state index contributed by atoms with van der Waals surface area (Å²) in [4.78, 5) is 28.2. The van der Waals surface area contributed by atoms with Crippen LogP contribution in [0.5, 0.6) is 0 Å². The Morgan fingerprint density at radius 1 is 0.875 bits per heavy atom. The number of aromatic nitrogens is 2. The van der Waals surface area contributed by atoms with Crippen LogP contribution < -0.4 is 10.6 Å². The number of esters is 1. The predicted octanol–water partition coefficient (Wildman–Crippen LogP) is 6.05. The van der Waals surface area contributed by atoms with Crippen molar-refractivity contribution in [3.05, 3.63) is 126 Å². The van der Waals surface area contributed by atoms with Crippen LogP contribution in [0.1, 0.15) is 48.5 Å². The zero-order valence-corrected chi connectivity index (χ0v) is 27.0. The van der Waals surface area contributed by atoms with Gasteiger partial charge in [0.2, 0.25) is 0 Å². The molecule has 4 aromatic carbocycles. The summed E-state index contributed by atoms with van der Waals surface area (Å²) in [7, 11) is 0. The lowest BCUT2D eigenvalue weighted by molar-refractivity contribution is -0.276. The number of carbonyl (C=O) groups is 2. The molecule has 10 nitrogen and oxygen atoms in total. The fraction of sp³-hybridized carbons (Fsp3) is 0.289. The van der Waals surface area contributed by atoms with E-state index in [-0.39, 0.29) is 37.9 Å². The number of aliphatic hydroxyl groups excluding tert-OH is 1. The van der Waals surface area contributed by atoms with Crippen molar-refractivity contribution in [2.45, 2.75) is 52.0 Å². The number of amides is 2. The van der Waals surface area contributed by atoms with Crippen molar-refractivity contribution in [2.75, 3.05) is 13.2 Å². The van der Waals surface area contributed by atoms with Gasteiger partial charge in [0.25, 0.3) is 0 Å². The van der Waals surface area contributed by atoms with Gasteiger partial charge >= 0.3 is 12.0 Å². The topological polar surface area (TPSA) is 124 Å². The molecule has 0 spiro atoms. The van der Waals surface area contributed by atoms with Crippen LogP contribution in [-0.4, -0.2) is 45.9 Å². The normalized spacial score (nSPS) is 19.1. The molecule has 0 aliphatic carbocycles. The molecule has 248 valence electrons. The van der Waals surface area contributed by atoms with Crippen LogP contribution in [0.15, 0.2) is 103 Å². The molecule has 1 aliphatic heterocycles. The fourth-order valence-corrected chi connectivity index (χ4v) is 5.98. The third-order valence-corrected chi connectivity index (χ3v) is 8.62. The Kier molecular flexibility index (Phi) is 10.4. The fourth-order valence-electron chi connectivity index (χ4n) is 5.98. The third-order valence-electron chi connectivity index (χ3n) is 8.62. The van der Waals surface area contributed by atoms with Crippen molar-refractivity contribution in [1.29, 1.82) is 0 Å². The van der Waals surface area contributed by atoms with E-state index in [4.69, 9.17) is 14.2 Å². The predicted molar refractivity (Wildman–Crippen MR) is 181 cm³/mol. The van der Waals surface area contributed by atoms with Crippen LogP contribution in [0.3, 0.4) is 0 Å². The number of hydrogen-bond donors (Lipinski definition) is 3. The average Bonchev–Trinajstić information content (AvgIpc) is 3.53. The van der Waals surface area contributed by atoms with Gasteiger partial charge < -0.3 is 34.5 Å². The van der Waals surface area contributed by atoms with Gasteiger partial charge in [-0.3, -0.25) is 4.79 Å². The zero-order chi connectivity index (χ0) is 33.5. The lowest BCUT2D eigenvalue weighted by Gasteiger charge is -2.41. The van der Waals surface area contributed by atoms with Gasteiger partial charge in [-0.25, -0.2) is 9.78 Å². The Bertz CT molecular complexity index is 1840. The largest absolute Gasteiger partial charge is 0.465 e. The lowest BCUT2D eigenvalue weighted by Crippen LogP contribution is -2.39. The summed E-state index contributed by atoms with van der Waals surface area (Å²) in [5.74, 6) is -0.448. The van der Waals surface area contributed by atoms with Gasteiger partial charge in [0.15, 0.2) is 6.29 Å². The van der Waals surface area contributed by atoms with Crippen molar-refractivity contribution in [1.82, 2.24) is 20.2 Å². The molecule has 0 bridgehead atoms. The maximum atomic E-state index is 12.1. The number of aliphatic hydroxyl groups is 1. The number of imidazole rings is 1. The number of rotatable bonds is 11. The molecule has 5 aromatic rings. The van der Waals surface area contributed by atoms with Crippen molar-refractivity contribution >= 4 is 23.0 Å². The SMILES string of the molecule is CCOC(=O)CNC(=O)NCc1cccc(-c2ccc(C3OC(Cn4cnc5ccccc54)C(C)C(c4ccc(CO)cc4)O3)cc2)c1. The molecule has 1 saturated heterocycles. The Labute approximate surface area is 279 Å². The van der Waals surface area contributed by atoms with Crippen molar-refractivity contribution in [3.8, 4) is 11.1 Å². The van der Waals surface area contributed by atoms with Crippen molar-refractivity contribution < 1.29 is 28.9 Å². The summed E-state index contributed by atoms with van der Waals surface area (Å²) in [6.45, 7) is 4.86. The molecule has 6 rings (SSSR count). The lowest BCUT2D eigenvalue weighted by atomic mass is 9.90. The smallest absolute Gasteiger partial charge is 0.325 e. The Morgan fingerprint density at radius 3 is 2.42 bits per heavy atom. The van der Waals surface area contributed by atoms with Gasteiger partial charge in [-0.1, -0.05) is 85.8 Å². The molecular formula is C38H40N4O6. The number of benzene rings is 4. The van der Waals surface area contributed by atoms with E-state index in [0.29, 0.717) is 13.1 Å². The average molecular weight is 649 g/mol. The van der Waals surface area contributed by atoms with Crippen LogP contribution in [0.25, 0.3) is 22.2 Å². The van der Waals surface area contributed by atoms with Gasteiger partial charge in [0, 0.05) is 18.0 Å². The molecule has 10 heteroatoms. The second-order valence-corrected chi connectivity index (χ2v) is 11.9. The molecule has 4 atom stereocenters. The maximum absolute atomic E-state index is 12.1. The van der Waals surface area contributed by atoms with Gasteiger partial charge in [-0.2, -0.15) is 0 Å². The van der Waals surface area contributed by atoms with E-state index in [2.05, 4.69) is 33.2 Å². The summed E-state index contributed by atoms with van der Waals surface area (Å²) < 4.78 is 20.3. The molecule has 2 heterocycles. The molecule has 0 saturated carbocycles. The Hall–Kier alpha value is -5.03. The number of nitrogens with one attached hydrogen (secondary N) is 2. The Balaban J connectivity index is 1.18. The monoisotopic (exact) mass is 648 g/mol. The maximum Gasteiger partial charge on any atom is 0.325 e. The number of nitrogens with zero attached hydrogens (tertiary/aromatic N) is 2. The summed E-state index contributed by atoms with van der Waals surface area (Å²) in [5, 5.41) is 14.9. The molecule has 1 aromatic heterocycles. The third kappa shape index (κ3) is 7.74. The van der Waals surface area contributed by atoms with Crippen molar-refractivity contribution in [3.63, 3.8) is 0 Å². The van der Waals surface area contributed by atoms with Crippen LogP contribution >= 0.6 is 0 Å². The van der Waals surface area contributed by atoms with Gasteiger partial charge in [-0.05, 0) is 52.9 Å². The first-order valence-corrected chi connectivity index (χ1v) is 16.2. The highest BCUT2D eigenvalue weighted by molar-refractivity contribution is 5.80. The molecule has 1 fully saturated rings. The number of hydrogen-bond acceptors (Lipinski definition) is 7. The van der Waals surface area contributed by atoms with E-state index in [1.165, 1.54) is 0 Å². The summed E-state index contributed by atoms with van der Waals surface area (Å²) in [5.41, 5.74) is 7.71. The van der Waals surface area contributed by atoms with Crippen LogP contribution in [0.4, 0.5) is 4.79 Å². The highest BCUT2D eigenvalue weighted by Crippen LogP contribution is 2.42. The second-order valence-electron chi connectivity index (χ2n) is 11.9. The van der Waals surface area contributed by atoms with E-state index in [1.807, 2.05) is 97.3 Å². The van der Waals surface area contributed by atoms with E-state index in [1.54, 1.807) is 6.92 Å². The first-order chi connectivity index (χ1) is 23.4. The van der Waals surface area contributed by atoms with Gasteiger partial charge in [0.1, 0.15) is 6.54 Å².